The summed E-state index contributed by atoms with van der Waals surface area (Å²) in [7, 11) is 0. The van der Waals surface area contributed by atoms with Gasteiger partial charge >= 0.3 is 0 Å². The van der Waals surface area contributed by atoms with Crippen molar-refractivity contribution in [3.05, 3.63) is 0 Å². The number of likely N-dealkylation sites (tertiary alicyclic amines) is 1. The summed E-state index contributed by atoms with van der Waals surface area (Å²) in [6, 6.07) is 0. The summed E-state index contributed by atoms with van der Waals surface area (Å²) in [6.07, 6.45) is 2.47. The molecule has 2 fully saturated rings. The van der Waals surface area contributed by atoms with Gasteiger partial charge in [-0.3, -0.25) is 9.69 Å². The minimum absolute atomic E-state index is 0.346. The van der Waals surface area contributed by atoms with Crippen molar-refractivity contribution < 1.29 is 4.79 Å². The highest BCUT2D eigenvalue weighted by molar-refractivity contribution is 7.99. The van der Waals surface area contributed by atoms with E-state index in [2.05, 4.69) is 16.7 Å². The molecular weight excluding hydrogens is 220 g/mol. The van der Waals surface area contributed by atoms with Gasteiger partial charge in [0.25, 0.3) is 0 Å². The summed E-state index contributed by atoms with van der Waals surface area (Å²) in [5.74, 6) is 3.40. The molecule has 2 rings (SSSR count). The molecule has 0 aliphatic carbocycles. The minimum atomic E-state index is 0.346. The molecule has 1 unspecified atom stereocenters. The summed E-state index contributed by atoms with van der Waals surface area (Å²) < 4.78 is 0. The lowest BCUT2D eigenvalue weighted by Crippen LogP contribution is -2.46. The minimum Gasteiger partial charge on any atom is -0.341 e. The van der Waals surface area contributed by atoms with Crippen LogP contribution in [0.5, 0.6) is 0 Å². The fraction of sp³-hybridized carbons (Fsp3) is 0.917. The van der Waals surface area contributed by atoms with Crippen LogP contribution in [0.25, 0.3) is 0 Å². The molecule has 2 saturated heterocycles. The van der Waals surface area contributed by atoms with E-state index in [0.717, 1.165) is 26.2 Å². The molecule has 1 atom stereocenters. The van der Waals surface area contributed by atoms with Crippen LogP contribution in [0.15, 0.2) is 0 Å². The standard InChI is InChI=1S/C12H22N2OS/c1-11-3-2-4-14(9-11)12(15)10-13-5-7-16-8-6-13/h11H,2-10H2,1H3. The summed E-state index contributed by atoms with van der Waals surface area (Å²) in [5, 5.41) is 0. The molecule has 92 valence electrons. The van der Waals surface area contributed by atoms with Gasteiger partial charge in [0, 0.05) is 37.7 Å². The Kier molecular flexibility index (Phi) is 4.53. The number of rotatable bonds is 2. The maximum atomic E-state index is 12.1. The number of amides is 1. The largest absolute Gasteiger partial charge is 0.341 e. The molecule has 16 heavy (non-hydrogen) atoms. The van der Waals surface area contributed by atoms with Gasteiger partial charge in [-0.15, -0.1) is 0 Å². The van der Waals surface area contributed by atoms with Gasteiger partial charge in [-0.25, -0.2) is 0 Å². The zero-order valence-corrected chi connectivity index (χ0v) is 11.0. The van der Waals surface area contributed by atoms with Gasteiger partial charge in [0.05, 0.1) is 6.54 Å². The Bertz CT molecular complexity index is 241. The molecule has 0 N–H and O–H groups in total. The normalized spacial score (nSPS) is 28.1. The Labute approximate surface area is 103 Å². The van der Waals surface area contributed by atoms with E-state index in [9.17, 15) is 4.79 Å². The first-order chi connectivity index (χ1) is 7.75. The van der Waals surface area contributed by atoms with Crippen molar-refractivity contribution in [1.82, 2.24) is 9.80 Å². The lowest BCUT2D eigenvalue weighted by molar-refractivity contribution is -0.134. The molecule has 1 amide bonds. The Balaban J connectivity index is 1.77. The Hall–Kier alpha value is -0.220. The summed E-state index contributed by atoms with van der Waals surface area (Å²) in [5.41, 5.74) is 0. The van der Waals surface area contributed by atoms with E-state index in [1.165, 1.54) is 24.3 Å². The van der Waals surface area contributed by atoms with Gasteiger partial charge < -0.3 is 4.90 Å². The molecule has 0 radical (unpaired) electrons. The zero-order chi connectivity index (χ0) is 11.4. The van der Waals surface area contributed by atoms with E-state index in [1.807, 2.05) is 11.8 Å². The predicted molar refractivity (Wildman–Crippen MR) is 68.7 cm³/mol. The summed E-state index contributed by atoms with van der Waals surface area (Å²) in [6.45, 7) is 7.01. The highest BCUT2D eigenvalue weighted by Gasteiger charge is 2.23. The van der Waals surface area contributed by atoms with Crippen LogP contribution in [0.3, 0.4) is 0 Å². The van der Waals surface area contributed by atoms with Crippen molar-refractivity contribution in [2.24, 2.45) is 5.92 Å². The van der Waals surface area contributed by atoms with E-state index in [4.69, 9.17) is 0 Å². The van der Waals surface area contributed by atoms with Crippen LogP contribution in [-0.2, 0) is 4.79 Å². The molecule has 0 bridgehead atoms. The van der Waals surface area contributed by atoms with Crippen molar-refractivity contribution in [2.45, 2.75) is 19.8 Å². The fourth-order valence-electron chi connectivity index (χ4n) is 2.47. The molecule has 4 heteroatoms. The Morgan fingerprint density at radius 2 is 2.06 bits per heavy atom. The van der Waals surface area contributed by atoms with Crippen LogP contribution in [0, 0.1) is 5.92 Å². The van der Waals surface area contributed by atoms with Crippen molar-refractivity contribution in [1.29, 1.82) is 0 Å². The predicted octanol–water partition coefficient (Wildman–Crippen LogP) is 1.29. The molecule has 0 aromatic heterocycles. The van der Waals surface area contributed by atoms with Gasteiger partial charge in [-0.1, -0.05) is 6.92 Å². The van der Waals surface area contributed by atoms with Crippen LogP contribution < -0.4 is 0 Å². The number of carbonyl (C=O) groups is 1. The smallest absolute Gasteiger partial charge is 0.236 e. The van der Waals surface area contributed by atoms with Crippen molar-refractivity contribution in [3.63, 3.8) is 0 Å². The second-order valence-corrected chi connectivity index (χ2v) is 6.20. The number of hydrogen-bond donors (Lipinski definition) is 0. The third-order valence-electron chi connectivity index (χ3n) is 3.47. The Morgan fingerprint density at radius 1 is 1.31 bits per heavy atom. The SMILES string of the molecule is CC1CCCN(C(=O)CN2CCSCC2)C1. The first-order valence-corrected chi connectivity index (χ1v) is 7.49. The zero-order valence-electron chi connectivity index (χ0n) is 10.2. The number of nitrogens with zero attached hydrogens (tertiary/aromatic N) is 2. The second kappa shape index (κ2) is 5.92. The summed E-state index contributed by atoms with van der Waals surface area (Å²) >= 11 is 2.00. The van der Waals surface area contributed by atoms with E-state index in [0.29, 0.717) is 18.4 Å². The molecule has 2 aliphatic heterocycles. The van der Waals surface area contributed by atoms with Crippen LogP contribution in [-0.4, -0.2) is 59.9 Å². The van der Waals surface area contributed by atoms with E-state index in [1.54, 1.807) is 0 Å². The average molecular weight is 242 g/mol. The quantitative estimate of drug-likeness (QED) is 0.729. The molecule has 0 aromatic carbocycles. The molecule has 2 heterocycles. The molecule has 2 aliphatic rings. The van der Waals surface area contributed by atoms with Crippen LogP contribution in [0.4, 0.5) is 0 Å². The number of thioether (sulfide) groups is 1. The lowest BCUT2D eigenvalue weighted by atomic mass is 10.0. The highest BCUT2D eigenvalue weighted by Crippen LogP contribution is 2.16. The van der Waals surface area contributed by atoms with E-state index < -0.39 is 0 Å². The lowest BCUT2D eigenvalue weighted by Gasteiger charge is -2.33. The first kappa shape index (κ1) is 12.2. The monoisotopic (exact) mass is 242 g/mol. The maximum absolute atomic E-state index is 12.1. The average Bonchev–Trinajstić information content (AvgIpc) is 2.30. The maximum Gasteiger partial charge on any atom is 0.236 e. The van der Waals surface area contributed by atoms with Crippen molar-refractivity contribution in [3.8, 4) is 0 Å². The molecule has 3 nitrogen and oxygen atoms in total. The van der Waals surface area contributed by atoms with Gasteiger partial charge in [-0.2, -0.15) is 11.8 Å². The number of carbonyl (C=O) groups excluding carboxylic acids is 1. The topological polar surface area (TPSA) is 23.6 Å². The van der Waals surface area contributed by atoms with Gasteiger partial charge in [0.2, 0.25) is 5.91 Å². The van der Waals surface area contributed by atoms with Crippen molar-refractivity contribution >= 4 is 17.7 Å². The highest BCUT2D eigenvalue weighted by atomic mass is 32.2. The van der Waals surface area contributed by atoms with E-state index >= 15 is 0 Å². The molecule has 0 aromatic rings. The van der Waals surface area contributed by atoms with Gasteiger partial charge in [0.1, 0.15) is 0 Å². The van der Waals surface area contributed by atoms with Crippen LogP contribution in [0.1, 0.15) is 19.8 Å². The van der Waals surface area contributed by atoms with Crippen LogP contribution >= 0.6 is 11.8 Å². The molecular formula is C12H22N2OS. The van der Waals surface area contributed by atoms with Gasteiger partial charge in [-0.05, 0) is 18.8 Å². The van der Waals surface area contributed by atoms with Crippen LogP contribution in [0.2, 0.25) is 0 Å². The third kappa shape index (κ3) is 3.39. The number of hydrogen-bond acceptors (Lipinski definition) is 3. The van der Waals surface area contributed by atoms with Crippen molar-refractivity contribution in [2.75, 3.05) is 44.2 Å². The van der Waals surface area contributed by atoms with E-state index in [-0.39, 0.29) is 0 Å². The summed E-state index contributed by atoms with van der Waals surface area (Å²) in [4.78, 5) is 16.5. The number of piperidine rings is 1. The molecule has 0 saturated carbocycles. The third-order valence-corrected chi connectivity index (χ3v) is 4.41. The first-order valence-electron chi connectivity index (χ1n) is 6.33. The Morgan fingerprint density at radius 3 is 2.75 bits per heavy atom. The fourth-order valence-corrected chi connectivity index (χ4v) is 3.45. The van der Waals surface area contributed by atoms with Gasteiger partial charge in [0.15, 0.2) is 0 Å². The molecule has 0 spiro atoms. The second-order valence-electron chi connectivity index (χ2n) is 4.98.